The Morgan fingerprint density at radius 3 is 2.35 bits per heavy atom. The van der Waals surface area contributed by atoms with Crippen LogP contribution in [0.4, 0.5) is 5.82 Å². The minimum Gasteiger partial charge on any atom is -0.372 e. The van der Waals surface area contributed by atoms with E-state index in [1.54, 1.807) is 0 Å². The molecule has 0 saturated heterocycles. The molecule has 0 radical (unpaired) electrons. The van der Waals surface area contributed by atoms with Crippen LogP contribution in [0.15, 0.2) is 33.2 Å². The molecule has 0 aliphatic carbocycles. The minimum absolute atomic E-state index is 0.0614. The fourth-order valence-electron chi connectivity index (χ4n) is 1.87. The zero-order valence-electron chi connectivity index (χ0n) is 12.0. The number of aromatic nitrogens is 2. The third kappa shape index (κ3) is 3.20. The summed E-state index contributed by atoms with van der Waals surface area (Å²) in [5, 5.41) is 3.12. The lowest BCUT2D eigenvalue weighted by Gasteiger charge is -2.21. The number of nitrogens with zero attached hydrogens (tertiary/aromatic N) is 2. The molecule has 1 heterocycles. The first-order chi connectivity index (χ1) is 9.32. The van der Waals surface area contributed by atoms with Gasteiger partial charge in [-0.2, -0.15) is 0 Å². The third-order valence-electron chi connectivity index (χ3n) is 2.88. The zero-order valence-corrected chi connectivity index (χ0v) is 15.1. The van der Waals surface area contributed by atoms with Gasteiger partial charge in [0.25, 0.3) is 0 Å². The molecule has 0 bridgehead atoms. The van der Waals surface area contributed by atoms with Gasteiger partial charge in [-0.05, 0) is 28.1 Å². The van der Waals surface area contributed by atoms with Crippen molar-refractivity contribution in [2.24, 2.45) is 0 Å². The largest absolute Gasteiger partial charge is 0.372 e. The van der Waals surface area contributed by atoms with Crippen LogP contribution in [0.2, 0.25) is 0 Å². The van der Waals surface area contributed by atoms with Crippen molar-refractivity contribution in [1.29, 1.82) is 0 Å². The smallest absolute Gasteiger partial charge is 0.161 e. The first-order valence-corrected chi connectivity index (χ1v) is 7.93. The second-order valence-corrected chi connectivity index (χ2v) is 7.28. The van der Waals surface area contributed by atoms with Gasteiger partial charge >= 0.3 is 0 Å². The van der Waals surface area contributed by atoms with Crippen LogP contribution < -0.4 is 5.32 Å². The molecule has 2 rings (SSSR count). The van der Waals surface area contributed by atoms with Gasteiger partial charge in [-0.15, -0.1) is 0 Å². The number of halogens is 2. The van der Waals surface area contributed by atoms with E-state index in [1.165, 1.54) is 0 Å². The summed E-state index contributed by atoms with van der Waals surface area (Å²) in [6.45, 7) is 6.43. The molecule has 0 aliphatic rings. The third-order valence-corrected chi connectivity index (χ3v) is 4.13. The number of benzene rings is 1. The van der Waals surface area contributed by atoms with E-state index in [1.807, 2.05) is 31.3 Å². The van der Waals surface area contributed by atoms with Crippen molar-refractivity contribution < 1.29 is 0 Å². The summed E-state index contributed by atoms with van der Waals surface area (Å²) in [7, 11) is 1.87. The van der Waals surface area contributed by atoms with Crippen LogP contribution in [0.1, 0.15) is 26.5 Å². The lowest BCUT2D eigenvalue weighted by molar-refractivity contribution is 0.564. The van der Waals surface area contributed by atoms with Gasteiger partial charge in [0, 0.05) is 22.5 Å². The maximum atomic E-state index is 4.74. The summed E-state index contributed by atoms with van der Waals surface area (Å²) in [4.78, 5) is 9.33. The Kier molecular flexibility index (Phi) is 4.49. The van der Waals surface area contributed by atoms with Gasteiger partial charge in [0.15, 0.2) is 5.82 Å². The van der Waals surface area contributed by atoms with Crippen molar-refractivity contribution in [3.05, 3.63) is 38.9 Å². The molecule has 0 spiro atoms. The Morgan fingerprint density at radius 1 is 1.10 bits per heavy atom. The summed E-state index contributed by atoms with van der Waals surface area (Å²) in [5.74, 6) is 1.53. The van der Waals surface area contributed by atoms with Crippen LogP contribution in [0.25, 0.3) is 11.4 Å². The molecule has 0 saturated carbocycles. The normalized spacial score (nSPS) is 11.5. The van der Waals surface area contributed by atoms with Crippen molar-refractivity contribution >= 4 is 37.7 Å². The number of nitrogens with one attached hydrogen (secondary N) is 1. The molecular weight excluding hydrogens is 382 g/mol. The monoisotopic (exact) mass is 397 g/mol. The van der Waals surface area contributed by atoms with E-state index in [-0.39, 0.29) is 5.41 Å². The van der Waals surface area contributed by atoms with Crippen LogP contribution >= 0.6 is 31.9 Å². The highest BCUT2D eigenvalue weighted by molar-refractivity contribution is 9.11. The Hall–Kier alpha value is -0.940. The molecule has 0 aliphatic heterocycles. The van der Waals surface area contributed by atoms with Gasteiger partial charge in [-0.1, -0.05) is 48.8 Å². The van der Waals surface area contributed by atoms with E-state index >= 15 is 0 Å². The summed E-state index contributed by atoms with van der Waals surface area (Å²) in [5.41, 5.74) is 1.93. The van der Waals surface area contributed by atoms with Crippen LogP contribution in [0.3, 0.4) is 0 Å². The van der Waals surface area contributed by atoms with E-state index in [0.717, 1.165) is 31.8 Å². The fraction of sp³-hybridized carbons (Fsp3) is 0.333. The van der Waals surface area contributed by atoms with Crippen molar-refractivity contribution in [2.45, 2.75) is 26.2 Å². The van der Waals surface area contributed by atoms with Crippen molar-refractivity contribution in [3.63, 3.8) is 0 Å². The average molecular weight is 399 g/mol. The molecular formula is C15H17Br2N3. The van der Waals surface area contributed by atoms with Crippen molar-refractivity contribution in [2.75, 3.05) is 12.4 Å². The van der Waals surface area contributed by atoms with Gasteiger partial charge in [-0.3, -0.25) is 0 Å². The molecule has 3 nitrogen and oxygen atoms in total. The summed E-state index contributed by atoms with van der Waals surface area (Å²) in [6.07, 6.45) is 0. The number of anilines is 1. The quantitative estimate of drug-likeness (QED) is 0.772. The van der Waals surface area contributed by atoms with Gasteiger partial charge in [0.2, 0.25) is 0 Å². The topological polar surface area (TPSA) is 37.8 Å². The fourth-order valence-corrected chi connectivity index (χ4v) is 3.24. The second-order valence-electron chi connectivity index (χ2n) is 5.57. The van der Waals surface area contributed by atoms with Crippen molar-refractivity contribution in [1.82, 2.24) is 9.97 Å². The SMILES string of the molecule is CNc1nc(-c2cccc(Br)c2)nc(C(C)(C)C)c1Br. The summed E-state index contributed by atoms with van der Waals surface area (Å²) < 4.78 is 1.94. The van der Waals surface area contributed by atoms with Gasteiger partial charge in [0.1, 0.15) is 5.82 Å². The Labute approximate surface area is 136 Å². The molecule has 0 amide bonds. The number of hydrogen-bond acceptors (Lipinski definition) is 3. The number of rotatable bonds is 2. The van der Waals surface area contributed by atoms with E-state index in [4.69, 9.17) is 4.98 Å². The first-order valence-electron chi connectivity index (χ1n) is 6.34. The molecule has 0 atom stereocenters. The first kappa shape index (κ1) is 15.4. The molecule has 1 N–H and O–H groups in total. The molecule has 1 aromatic heterocycles. The highest BCUT2D eigenvalue weighted by Crippen LogP contribution is 2.34. The standard InChI is InChI=1S/C15H17Br2N3/c1-15(2,3)12-11(17)14(18-4)20-13(19-12)9-6-5-7-10(16)8-9/h5-8H,1-4H3,(H,18,19,20). The van der Waals surface area contributed by atoms with E-state index in [2.05, 4.69) is 62.9 Å². The zero-order chi connectivity index (χ0) is 14.9. The van der Waals surface area contributed by atoms with Crippen LogP contribution in [-0.2, 0) is 5.41 Å². The molecule has 20 heavy (non-hydrogen) atoms. The summed E-state index contributed by atoms with van der Waals surface area (Å²) in [6, 6.07) is 8.02. The second kappa shape index (κ2) is 5.82. The lowest BCUT2D eigenvalue weighted by Crippen LogP contribution is -2.17. The van der Waals surface area contributed by atoms with Gasteiger partial charge in [-0.25, -0.2) is 9.97 Å². The summed E-state index contributed by atoms with van der Waals surface area (Å²) >= 11 is 7.09. The van der Waals surface area contributed by atoms with Crippen LogP contribution in [-0.4, -0.2) is 17.0 Å². The van der Waals surface area contributed by atoms with Crippen LogP contribution in [0, 0.1) is 0 Å². The van der Waals surface area contributed by atoms with Crippen LogP contribution in [0.5, 0.6) is 0 Å². The van der Waals surface area contributed by atoms with E-state index in [9.17, 15) is 0 Å². The molecule has 1 aromatic carbocycles. The molecule has 106 valence electrons. The minimum atomic E-state index is -0.0614. The van der Waals surface area contributed by atoms with E-state index < -0.39 is 0 Å². The molecule has 2 aromatic rings. The Morgan fingerprint density at radius 2 is 1.80 bits per heavy atom. The highest BCUT2D eigenvalue weighted by atomic mass is 79.9. The number of hydrogen-bond donors (Lipinski definition) is 1. The van der Waals surface area contributed by atoms with Gasteiger partial charge < -0.3 is 5.32 Å². The molecule has 0 fully saturated rings. The Bertz CT molecular complexity index is 634. The molecule has 5 heteroatoms. The van der Waals surface area contributed by atoms with Gasteiger partial charge in [0.05, 0.1) is 10.2 Å². The maximum Gasteiger partial charge on any atom is 0.161 e. The lowest BCUT2D eigenvalue weighted by atomic mass is 9.91. The maximum absolute atomic E-state index is 4.74. The van der Waals surface area contributed by atoms with E-state index in [0.29, 0.717) is 0 Å². The highest BCUT2D eigenvalue weighted by Gasteiger charge is 2.23. The predicted octanol–water partition coefficient (Wildman–Crippen LogP) is 5.01. The average Bonchev–Trinajstić information content (AvgIpc) is 2.37. The van der Waals surface area contributed by atoms with Crippen molar-refractivity contribution in [3.8, 4) is 11.4 Å². The molecule has 0 unspecified atom stereocenters. The predicted molar refractivity (Wildman–Crippen MR) is 91.1 cm³/mol. The Balaban J connectivity index is 2.66.